The van der Waals surface area contributed by atoms with E-state index in [1.54, 1.807) is 19.2 Å². The minimum Gasteiger partial charge on any atom is -0.477 e. The van der Waals surface area contributed by atoms with Gasteiger partial charge in [-0.1, -0.05) is 0 Å². The zero-order valence-corrected chi connectivity index (χ0v) is 10.00. The van der Waals surface area contributed by atoms with Crippen LogP contribution in [0.15, 0.2) is 22.6 Å². The molecule has 2 amide bonds. The number of amides is 2. The number of hydrogen-bond acceptors (Lipinski definition) is 4. The number of carboxylic acids is 1. The Balaban J connectivity index is 2.51. The SMILES string of the molecule is CC1=C(C)C(=O)N(c2ccsc2C(=O)O)C1=O. The lowest BCUT2D eigenvalue weighted by Crippen LogP contribution is -2.32. The molecule has 0 bridgehead atoms. The number of carbonyl (C=O) groups excluding carboxylic acids is 2. The Morgan fingerprint density at radius 2 is 1.76 bits per heavy atom. The fourth-order valence-electron chi connectivity index (χ4n) is 1.61. The van der Waals surface area contributed by atoms with E-state index in [9.17, 15) is 14.4 Å². The molecule has 1 aliphatic rings. The van der Waals surface area contributed by atoms with Crippen LogP contribution in [0, 0.1) is 0 Å². The fraction of sp³-hybridized carbons (Fsp3) is 0.182. The number of anilines is 1. The molecule has 0 saturated heterocycles. The summed E-state index contributed by atoms with van der Waals surface area (Å²) >= 11 is 0.987. The summed E-state index contributed by atoms with van der Waals surface area (Å²) in [5.41, 5.74) is 0.865. The van der Waals surface area contributed by atoms with Gasteiger partial charge >= 0.3 is 5.97 Å². The summed E-state index contributed by atoms with van der Waals surface area (Å²) in [6, 6.07) is 1.47. The van der Waals surface area contributed by atoms with E-state index in [1.807, 2.05) is 0 Å². The van der Waals surface area contributed by atoms with Crippen molar-refractivity contribution >= 4 is 34.8 Å². The first kappa shape index (κ1) is 11.5. The summed E-state index contributed by atoms with van der Waals surface area (Å²) in [5, 5.41) is 10.5. The van der Waals surface area contributed by atoms with E-state index in [1.165, 1.54) is 6.07 Å². The maximum atomic E-state index is 11.9. The number of carbonyl (C=O) groups is 3. The quantitative estimate of drug-likeness (QED) is 0.811. The molecule has 1 N–H and O–H groups in total. The molecule has 0 unspecified atom stereocenters. The third kappa shape index (κ3) is 1.57. The zero-order chi connectivity index (χ0) is 12.7. The molecular formula is C11H9NO4S. The van der Waals surface area contributed by atoms with Crippen molar-refractivity contribution in [1.82, 2.24) is 0 Å². The fourth-order valence-corrected chi connectivity index (χ4v) is 2.32. The molecule has 1 aromatic rings. The number of carboxylic acid groups (broad SMARTS) is 1. The van der Waals surface area contributed by atoms with Crippen LogP contribution in [0.1, 0.15) is 23.5 Å². The van der Waals surface area contributed by atoms with Gasteiger partial charge in [-0.05, 0) is 25.3 Å². The third-order valence-electron chi connectivity index (χ3n) is 2.69. The summed E-state index contributed by atoms with van der Waals surface area (Å²) < 4.78 is 0. The molecule has 2 rings (SSSR count). The molecule has 0 radical (unpaired) electrons. The van der Waals surface area contributed by atoms with Gasteiger partial charge in [0.05, 0.1) is 5.69 Å². The van der Waals surface area contributed by atoms with Crippen LogP contribution in [-0.4, -0.2) is 22.9 Å². The Kier molecular flexibility index (Phi) is 2.59. The Bertz CT molecular complexity index is 546. The van der Waals surface area contributed by atoms with Gasteiger partial charge in [0.15, 0.2) is 0 Å². The highest BCUT2D eigenvalue weighted by atomic mass is 32.1. The molecule has 5 nitrogen and oxygen atoms in total. The molecule has 0 saturated carbocycles. The molecule has 6 heteroatoms. The lowest BCUT2D eigenvalue weighted by Gasteiger charge is -2.13. The van der Waals surface area contributed by atoms with Crippen LogP contribution in [0.2, 0.25) is 0 Å². The van der Waals surface area contributed by atoms with E-state index >= 15 is 0 Å². The Labute approximate surface area is 101 Å². The number of imide groups is 1. The highest BCUT2D eigenvalue weighted by Crippen LogP contribution is 2.32. The van der Waals surface area contributed by atoms with E-state index < -0.39 is 17.8 Å². The highest BCUT2D eigenvalue weighted by molar-refractivity contribution is 7.12. The number of thiophene rings is 1. The highest BCUT2D eigenvalue weighted by Gasteiger charge is 2.36. The molecule has 0 atom stereocenters. The van der Waals surface area contributed by atoms with Gasteiger partial charge in [-0.25, -0.2) is 9.69 Å². The van der Waals surface area contributed by atoms with E-state index in [4.69, 9.17) is 5.11 Å². The van der Waals surface area contributed by atoms with Crippen molar-refractivity contribution in [2.45, 2.75) is 13.8 Å². The van der Waals surface area contributed by atoms with Crippen LogP contribution in [0.25, 0.3) is 0 Å². The minimum absolute atomic E-state index is 0.00537. The predicted molar refractivity (Wildman–Crippen MR) is 62.1 cm³/mol. The first-order valence-electron chi connectivity index (χ1n) is 4.82. The van der Waals surface area contributed by atoms with Gasteiger partial charge in [0.1, 0.15) is 4.88 Å². The molecule has 2 heterocycles. The van der Waals surface area contributed by atoms with Gasteiger partial charge in [0.25, 0.3) is 11.8 Å². The van der Waals surface area contributed by atoms with Crippen molar-refractivity contribution in [2.75, 3.05) is 4.90 Å². The second-order valence-electron chi connectivity index (χ2n) is 3.64. The Morgan fingerprint density at radius 3 is 2.24 bits per heavy atom. The van der Waals surface area contributed by atoms with Crippen LogP contribution >= 0.6 is 11.3 Å². The van der Waals surface area contributed by atoms with Crippen molar-refractivity contribution < 1.29 is 19.5 Å². The lowest BCUT2D eigenvalue weighted by atomic mass is 10.2. The van der Waals surface area contributed by atoms with Crippen molar-refractivity contribution in [2.24, 2.45) is 0 Å². The van der Waals surface area contributed by atoms with Gasteiger partial charge in [0.2, 0.25) is 0 Å². The monoisotopic (exact) mass is 251 g/mol. The molecule has 17 heavy (non-hydrogen) atoms. The molecule has 1 aromatic heterocycles. The summed E-state index contributed by atoms with van der Waals surface area (Å²) in [5.74, 6) is -2.04. The number of nitrogens with zero attached hydrogens (tertiary/aromatic N) is 1. The van der Waals surface area contributed by atoms with Crippen LogP contribution in [0.4, 0.5) is 5.69 Å². The smallest absolute Gasteiger partial charge is 0.348 e. The average molecular weight is 251 g/mol. The van der Waals surface area contributed by atoms with Gasteiger partial charge in [-0.3, -0.25) is 9.59 Å². The van der Waals surface area contributed by atoms with Crippen LogP contribution in [0.5, 0.6) is 0 Å². The molecule has 0 aliphatic carbocycles. The van der Waals surface area contributed by atoms with Crippen LogP contribution in [0.3, 0.4) is 0 Å². The lowest BCUT2D eigenvalue weighted by molar-refractivity contribution is -0.120. The van der Waals surface area contributed by atoms with Gasteiger partial charge in [0, 0.05) is 11.1 Å². The maximum Gasteiger partial charge on any atom is 0.348 e. The van der Waals surface area contributed by atoms with Crippen LogP contribution in [-0.2, 0) is 9.59 Å². The molecule has 0 aromatic carbocycles. The Hall–Kier alpha value is -1.95. The van der Waals surface area contributed by atoms with E-state index in [0.29, 0.717) is 11.1 Å². The van der Waals surface area contributed by atoms with Gasteiger partial charge in [-0.15, -0.1) is 11.3 Å². The second kappa shape index (κ2) is 3.81. The predicted octanol–water partition coefficient (Wildman–Crippen LogP) is 1.66. The summed E-state index contributed by atoms with van der Waals surface area (Å²) in [6.45, 7) is 3.12. The largest absolute Gasteiger partial charge is 0.477 e. The number of rotatable bonds is 2. The average Bonchev–Trinajstić information content (AvgIpc) is 2.81. The molecule has 0 fully saturated rings. The molecule has 0 spiro atoms. The minimum atomic E-state index is -1.14. The molecule has 1 aliphatic heterocycles. The molecule has 88 valence electrons. The first-order valence-corrected chi connectivity index (χ1v) is 5.70. The second-order valence-corrected chi connectivity index (χ2v) is 4.55. The van der Waals surface area contributed by atoms with Gasteiger partial charge in [-0.2, -0.15) is 0 Å². The third-order valence-corrected chi connectivity index (χ3v) is 3.58. The van der Waals surface area contributed by atoms with Crippen molar-refractivity contribution in [3.05, 3.63) is 27.5 Å². The van der Waals surface area contributed by atoms with E-state index in [2.05, 4.69) is 0 Å². The zero-order valence-electron chi connectivity index (χ0n) is 9.18. The van der Waals surface area contributed by atoms with E-state index in [-0.39, 0.29) is 10.6 Å². The van der Waals surface area contributed by atoms with Crippen molar-refractivity contribution in [3.8, 4) is 0 Å². The number of hydrogen-bond donors (Lipinski definition) is 1. The standard InChI is InChI=1S/C11H9NO4S/c1-5-6(2)10(14)12(9(5)13)7-3-4-17-8(7)11(15)16/h3-4H,1-2H3,(H,15,16). The molecular weight excluding hydrogens is 242 g/mol. The Morgan fingerprint density at radius 1 is 1.24 bits per heavy atom. The van der Waals surface area contributed by atoms with Crippen LogP contribution < -0.4 is 4.90 Å². The normalized spacial score (nSPS) is 16.0. The summed E-state index contributed by atoms with van der Waals surface area (Å²) in [4.78, 5) is 35.6. The van der Waals surface area contributed by atoms with Crippen molar-refractivity contribution in [1.29, 1.82) is 0 Å². The van der Waals surface area contributed by atoms with E-state index in [0.717, 1.165) is 16.2 Å². The first-order chi connectivity index (χ1) is 7.95. The van der Waals surface area contributed by atoms with Gasteiger partial charge < -0.3 is 5.11 Å². The number of aromatic carboxylic acids is 1. The summed E-state index contributed by atoms with van der Waals surface area (Å²) in [7, 11) is 0. The summed E-state index contributed by atoms with van der Waals surface area (Å²) in [6.07, 6.45) is 0. The topological polar surface area (TPSA) is 74.7 Å². The van der Waals surface area contributed by atoms with Crippen molar-refractivity contribution in [3.63, 3.8) is 0 Å². The maximum absolute atomic E-state index is 11.9.